The average Bonchev–Trinajstić information content (AvgIpc) is 3.40. The number of hydrogen-bond acceptors (Lipinski definition) is 5. The molecular formula is C25H25N5O. The van der Waals surface area contributed by atoms with Gasteiger partial charge in [0.1, 0.15) is 18.1 Å². The summed E-state index contributed by atoms with van der Waals surface area (Å²) in [6.07, 6.45) is 5.44. The fourth-order valence-corrected chi connectivity index (χ4v) is 3.84. The lowest BCUT2D eigenvalue weighted by Crippen LogP contribution is -1.99. The van der Waals surface area contributed by atoms with Crippen molar-refractivity contribution in [1.29, 1.82) is 0 Å². The normalized spacial score (nSPS) is 12.6. The third kappa shape index (κ3) is 3.89. The van der Waals surface area contributed by atoms with Crippen LogP contribution in [0.25, 0.3) is 22.4 Å². The van der Waals surface area contributed by atoms with E-state index < -0.39 is 0 Å². The van der Waals surface area contributed by atoms with E-state index in [9.17, 15) is 0 Å². The second-order valence-electron chi connectivity index (χ2n) is 8.03. The summed E-state index contributed by atoms with van der Waals surface area (Å²) in [4.78, 5) is 8.68. The van der Waals surface area contributed by atoms with Crippen molar-refractivity contribution >= 4 is 5.82 Å². The first-order chi connectivity index (χ1) is 15.2. The highest BCUT2D eigenvalue weighted by Gasteiger charge is 2.23. The van der Waals surface area contributed by atoms with Crippen LogP contribution < -0.4 is 10.1 Å². The third-order valence-corrected chi connectivity index (χ3v) is 5.58. The van der Waals surface area contributed by atoms with E-state index in [1.54, 1.807) is 12.4 Å². The maximum atomic E-state index is 5.92. The standard InChI is InChI=1S/C25H25N5O/c1-17(2)19-5-3-18(4-6-19)16-31-22-8-7-21(15-28-22)23-24(20-9-11-26-12-10-20)29-30-14-13-27-25(23)30/h3-12,15,17,27H,13-14,16H2,1-2H3. The molecule has 0 radical (unpaired) electrons. The van der Waals surface area contributed by atoms with E-state index in [1.165, 1.54) is 5.56 Å². The van der Waals surface area contributed by atoms with Crippen molar-refractivity contribution in [3.8, 4) is 28.3 Å². The predicted octanol–water partition coefficient (Wildman–Crippen LogP) is 5.14. The SMILES string of the molecule is CC(C)c1ccc(COc2ccc(-c3c(-c4ccncc4)nn4c3NCC4)cn2)cc1. The van der Waals surface area contributed by atoms with Gasteiger partial charge < -0.3 is 10.1 Å². The number of ether oxygens (including phenoxy) is 1. The van der Waals surface area contributed by atoms with Crippen molar-refractivity contribution in [3.05, 3.63) is 78.2 Å². The Hall–Kier alpha value is -3.67. The molecule has 0 saturated heterocycles. The van der Waals surface area contributed by atoms with E-state index in [2.05, 4.69) is 53.4 Å². The van der Waals surface area contributed by atoms with Gasteiger partial charge in [-0.15, -0.1) is 0 Å². The van der Waals surface area contributed by atoms with Crippen LogP contribution in [0, 0.1) is 0 Å². The Morgan fingerprint density at radius 2 is 1.81 bits per heavy atom. The number of rotatable bonds is 6. The molecule has 0 saturated carbocycles. The smallest absolute Gasteiger partial charge is 0.213 e. The van der Waals surface area contributed by atoms with Crippen LogP contribution in [0.4, 0.5) is 5.82 Å². The van der Waals surface area contributed by atoms with Crippen molar-refractivity contribution < 1.29 is 4.74 Å². The van der Waals surface area contributed by atoms with Gasteiger partial charge >= 0.3 is 0 Å². The minimum atomic E-state index is 0.498. The highest BCUT2D eigenvalue weighted by molar-refractivity contribution is 5.89. The topological polar surface area (TPSA) is 64.9 Å². The summed E-state index contributed by atoms with van der Waals surface area (Å²) in [6, 6.07) is 16.5. The number of benzene rings is 1. The lowest BCUT2D eigenvalue weighted by molar-refractivity contribution is 0.294. The fraction of sp³-hybridized carbons (Fsp3) is 0.240. The first-order valence-corrected chi connectivity index (χ1v) is 10.6. The molecule has 0 unspecified atom stereocenters. The maximum Gasteiger partial charge on any atom is 0.213 e. The molecule has 4 aromatic rings. The van der Waals surface area contributed by atoms with Crippen molar-refractivity contribution in [1.82, 2.24) is 19.7 Å². The second-order valence-corrected chi connectivity index (χ2v) is 8.03. The van der Waals surface area contributed by atoms with Crippen LogP contribution >= 0.6 is 0 Å². The number of pyridine rings is 2. The molecule has 31 heavy (non-hydrogen) atoms. The summed E-state index contributed by atoms with van der Waals surface area (Å²) in [5.74, 6) is 2.17. The predicted molar refractivity (Wildman–Crippen MR) is 122 cm³/mol. The molecule has 0 bridgehead atoms. The van der Waals surface area contributed by atoms with Crippen LogP contribution in [-0.4, -0.2) is 26.3 Å². The summed E-state index contributed by atoms with van der Waals surface area (Å²) in [5, 5.41) is 8.28. The second kappa shape index (κ2) is 8.22. The number of hydrogen-bond donors (Lipinski definition) is 1. The number of anilines is 1. The summed E-state index contributed by atoms with van der Waals surface area (Å²) in [7, 11) is 0. The molecule has 1 aliphatic rings. The van der Waals surface area contributed by atoms with E-state index >= 15 is 0 Å². The summed E-state index contributed by atoms with van der Waals surface area (Å²) in [5.41, 5.74) is 6.51. The third-order valence-electron chi connectivity index (χ3n) is 5.58. The number of nitrogens with one attached hydrogen (secondary N) is 1. The van der Waals surface area contributed by atoms with E-state index in [-0.39, 0.29) is 0 Å². The minimum Gasteiger partial charge on any atom is -0.473 e. The minimum absolute atomic E-state index is 0.498. The molecule has 156 valence electrons. The first kappa shape index (κ1) is 19.3. The molecular weight excluding hydrogens is 386 g/mol. The van der Waals surface area contributed by atoms with Gasteiger partial charge in [0.25, 0.3) is 0 Å². The average molecular weight is 412 g/mol. The maximum absolute atomic E-state index is 5.92. The van der Waals surface area contributed by atoms with Crippen LogP contribution in [0.2, 0.25) is 0 Å². The number of fused-ring (bicyclic) bond motifs is 1. The molecule has 6 nitrogen and oxygen atoms in total. The first-order valence-electron chi connectivity index (χ1n) is 10.6. The van der Waals surface area contributed by atoms with Gasteiger partial charge in [-0.25, -0.2) is 9.67 Å². The quantitative estimate of drug-likeness (QED) is 0.476. The Bertz CT molecular complexity index is 1170. The molecule has 1 aliphatic heterocycles. The molecule has 0 aliphatic carbocycles. The molecule has 1 aromatic carbocycles. The molecule has 6 heteroatoms. The molecule has 5 rings (SSSR count). The zero-order chi connectivity index (χ0) is 21.2. The van der Waals surface area contributed by atoms with E-state index in [0.29, 0.717) is 18.4 Å². The van der Waals surface area contributed by atoms with E-state index in [1.807, 2.05) is 35.1 Å². The Balaban J connectivity index is 1.37. The van der Waals surface area contributed by atoms with Crippen molar-refractivity contribution in [2.75, 3.05) is 11.9 Å². The number of aromatic nitrogens is 4. The van der Waals surface area contributed by atoms with Gasteiger partial charge in [0.2, 0.25) is 5.88 Å². The van der Waals surface area contributed by atoms with Crippen molar-refractivity contribution in [2.24, 2.45) is 0 Å². The van der Waals surface area contributed by atoms with Crippen LogP contribution in [0.15, 0.2) is 67.1 Å². The van der Waals surface area contributed by atoms with Gasteiger partial charge in [-0.2, -0.15) is 5.10 Å². The highest BCUT2D eigenvalue weighted by atomic mass is 16.5. The number of nitrogens with zero attached hydrogens (tertiary/aromatic N) is 4. The van der Waals surface area contributed by atoms with Crippen LogP contribution in [0.5, 0.6) is 5.88 Å². The Morgan fingerprint density at radius 1 is 1.00 bits per heavy atom. The fourth-order valence-electron chi connectivity index (χ4n) is 3.84. The van der Waals surface area contributed by atoms with Gasteiger partial charge in [0.15, 0.2) is 0 Å². The van der Waals surface area contributed by atoms with Gasteiger partial charge in [-0.3, -0.25) is 4.98 Å². The highest BCUT2D eigenvalue weighted by Crippen LogP contribution is 2.39. The Kier molecular flexibility index (Phi) is 5.12. The van der Waals surface area contributed by atoms with Gasteiger partial charge in [0.05, 0.1) is 12.1 Å². The zero-order valence-electron chi connectivity index (χ0n) is 17.7. The van der Waals surface area contributed by atoms with E-state index in [0.717, 1.165) is 46.9 Å². The Morgan fingerprint density at radius 3 is 2.52 bits per heavy atom. The van der Waals surface area contributed by atoms with Crippen LogP contribution in [0.1, 0.15) is 30.9 Å². The van der Waals surface area contributed by atoms with E-state index in [4.69, 9.17) is 9.84 Å². The van der Waals surface area contributed by atoms with Gasteiger partial charge in [0, 0.05) is 42.3 Å². The molecule has 1 N–H and O–H groups in total. The zero-order valence-corrected chi connectivity index (χ0v) is 17.7. The largest absolute Gasteiger partial charge is 0.473 e. The lowest BCUT2D eigenvalue weighted by Gasteiger charge is -2.09. The molecule has 0 amide bonds. The molecule has 0 atom stereocenters. The molecule has 0 fully saturated rings. The molecule has 0 spiro atoms. The summed E-state index contributed by atoms with van der Waals surface area (Å²) < 4.78 is 7.94. The summed E-state index contributed by atoms with van der Waals surface area (Å²) >= 11 is 0. The van der Waals surface area contributed by atoms with Crippen LogP contribution in [-0.2, 0) is 13.2 Å². The molecule has 4 heterocycles. The van der Waals surface area contributed by atoms with Crippen molar-refractivity contribution in [2.45, 2.75) is 32.9 Å². The van der Waals surface area contributed by atoms with Gasteiger partial charge in [-0.05, 0) is 35.2 Å². The summed E-state index contributed by atoms with van der Waals surface area (Å²) in [6.45, 7) is 6.64. The Labute approximate surface area is 181 Å². The molecule has 3 aromatic heterocycles. The lowest BCUT2D eigenvalue weighted by atomic mass is 10.0. The van der Waals surface area contributed by atoms with Gasteiger partial charge in [-0.1, -0.05) is 38.1 Å². The van der Waals surface area contributed by atoms with Crippen LogP contribution in [0.3, 0.4) is 0 Å². The van der Waals surface area contributed by atoms with Crippen molar-refractivity contribution in [3.63, 3.8) is 0 Å². The monoisotopic (exact) mass is 411 g/mol.